The predicted octanol–water partition coefficient (Wildman–Crippen LogP) is 6.36. The molecular weight excluding hydrogens is 316 g/mol. The molecule has 0 unspecified atom stereocenters. The molecule has 0 aliphatic rings. The fourth-order valence-electron chi connectivity index (χ4n) is 3.74. The maximum Gasteiger partial charge on any atom is 0.129 e. The van der Waals surface area contributed by atoms with E-state index in [1.807, 2.05) is 0 Å². The largest absolute Gasteiger partial charge is 0.237 e. The quantitative estimate of drug-likeness (QED) is 0.395. The number of aryl methyl sites for hydroxylation is 2. The topological polar surface area (TPSA) is 25.8 Å². The van der Waals surface area contributed by atoms with Gasteiger partial charge in [0, 0.05) is 11.8 Å². The van der Waals surface area contributed by atoms with Crippen LogP contribution in [-0.2, 0) is 12.8 Å². The van der Waals surface area contributed by atoms with Gasteiger partial charge >= 0.3 is 0 Å². The minimum Gasteiger partial charge on any atom is -0.237 e. The van der Waals surface area contributed by atoms with Crippen molar-refractivity contribution in [2.45, 2.75) is 39.5 Å². The lowest BCUT2D eigenvalue weighted by atomic mass is 9.94. The van der Waals surface area contributed by atoms with Gasteiger partial charge in [0.1, 0.15) is 5.82 Å². The van der Waals surface area contributed by atoms with Crippen molar-refractivity contribution in [3.8, 4) is 11.1 Å². The monoisotopic (exact) mass is 340 g/mol. The molecule has 130 valence electrons. The summed E-state index contributed by atoms with van der Waals surface area (Å²) in [5.41, 5.74) is 4.75. The highest BCUT2D eigenvalue weighted by Gasteiger charge is 2.14. The Morgan fingerprint density at radius 2 is 1.42 bits per heavy atom. The molecule has 3 aromatic carbocycles. The Kier molecular flexibility index (Phi) is 4.66. The molecule has 0 N–H and O–H groups in total. The molecule has 0 atom stereocenters. The molecule has 4 aromatic rings. The van der Waals surface area contributed by atoms with Crippen molar-refractivity contribution in [1.82, 2.24) is 9.97 Å². The van der Waals surface area contributed by atoms with Crippen molar-refractivity contribution in [2.75, 3.05) is 0 Å². The third-order valence-electron chi connectivity index (χ3n) is 4.87. The third kappa shape index (κ3) is 2.96. The first-order valence-electron chi connectivity index (χ1n) is 9.58. The molecule has 0 radical (unpaired) electrons. The number of benzene rings is 3. The Balaban J connectivity index is 2.10. The van der Waals surface area contributed by atoms with Gasteiger partial charge in [0.2, 0.25) is 0 Å². The first kappa shape index (κ1) is 16.7. The van der Waals surface area contributed by atoms with Crippen LogP contribution in [0, 0.1) is 0 Å². The van der Waals surface area contributed by atoms with Crippen molar-refractivity contribution in [3.05, 3.63) is 72.2 Å². The molecule has 0 aliphatic heterocycles. The van der Waals surface area contributed by atoms with Crippen molar-refractivity contribution in [3.63, 3.8) is 0 Å². The van der Waals surface area contributed by atoms with Gasteiger partial charge in [-0.2, -0.15) is 0 Å². The highest BCUT2D eigenvalue weighted by atomic mass is 14.9. The minimum atomic E-state index is 0.931. The van der Waals surface area contributed by atoms with Crippen LogP contribution in [0.25, 0.3) is 32.8 Å². The maximum absolute atomic E-state index is 4.93. The zero-order valence-corrected chi connectivity index (χ0v) is 15.5. The third-order valence-corrected chi connectivity index (χ3v) is 4.87. The molecule has 0 saturated carbocycles. The molecule has 0 fully saturated rings. The highest BCUT2D eigenvalue weighted by molar-refractivity contribution is 6.13. The van der Waals surface area contributed by atoms with Crippen LogP contribution in [0.5, 0.6) is 0 Å². The smallest absolute Gasteiger partial charge is 0.129 e. The summed E-state index contributed by atoms with van der Waals surface area (Å²) in [7, 11) is 0. The lowest BCUT2D eigenvalue weighted by Gasteiger charge is -2.14. The van der Waals surface area contributed by atoms with E-state index in [0.717, 1.165) is 37.0 Å². The van der Waals surface area contributed by atoms with Crippen molar-refractivity contribution < 1.29 is 0 Å². The molecule has 4 rings (SSSR count). The Hall–Kier alpha value is -2.74. The summed E-state index contributed by atoms with van der Waals surface area (Å²) in [5, 5.41) is 3.76. The van der Waals surface area contributed by atoms with E-state index in [0.29, 0.717) is 0 Å². The van der Waals surface area contributed by atoms with Gasteiger partial charge in [-0.15, -0.1) is 0 Å². The normalized spacial score (nSPS) is 11.3. The van der Waals surface area contributed by atoms with Gasteiger partial charge in [0.25, 0.3) is 0 Å². The first-order chi connectivity index (χ1) is 12.8. The average Bonchev–Trinajstić information content (AvgIpc) is 2.68. The van der Waals surface area contributed by atoms with Crippen LogP contribution in [0.3, 0.4) is 0 Å². The number of fused-ring (bicyclic) bond motifs is 3. The van der Waals surface area contributed by atoms with Crippen molar-refractivity contribution in [1.29, 1.82) is 0 Å². The van der Waals surface area contributed by atoms with Crippen LogP contribution >= 0.6 is 0 Å². The lowest BCUT2D eigenvalue weighted by Crippen LogP contribution is -2.02. The fourth-order valence-corrected chi connectivity index (χ4v) is 3.74. The van der Waals surface area contributed by atoms with Crippen molar-refractivity contribution in [2.24, 2.45) is 0 Å². The Morgan fingerprint density at radius 3 is 2.15 bits per heavy atom. The Bertz CT molecular complexity index is 1050. The summed E-state index contributed by atoms with van der Waals surface area (Å²) in [6.45, 7) is 4.40. The van der Waals surface area contributed by atoms with E-state index in [2.05, 4.69) is 74.5 Å². The average molecular weight is 340 g/mol. The molecule has 0 aliphatic carbocycles. The predicted molar refractivity (Wildman–Crippen MR) is 110 cm³/mol. The zero-order valence-electron chi connectivity index (χ0n) is 15.5. The summed E-state index contributed by atoms with van der Waals surface area (Å²) in [6, 6.07) is 21.5. The minimum absolute atomic E-state index is 0.931. The summed E-state index contributed by atoms with van der Waals surface area (Å²) < 4.78 is 0. The van der Waals surface area contributed by atoms with Gasteiger partial charge < -0.3 is 0 Å². The van der Waals surface area contributed by atoms with Gasteiger partial charge in [-0.3, -0.25) is 0 Å². The Labute approximate surface area is 154 Å². The molecule has 0 saturated heterocycles. The van der Waals surface area contributed by atoms with Gasteiger partial charge in [-0.1, -0.05) is 74.9 Å². The molecule has 0 bridgehead atoms. The summed E-state index contributed by atoms with van der Waals surface area (Å²) in [4.78, 5) is 9.85. The van der Waals surface area contributed by atoms with Crippen LogP contribution in [0.2, 0.25) is 0 Å². The van der Waals surface area contributed by atoms with Crippen LogP contribution in [0.4, 0.5) is 0 Å². The van der Waals surface area contributed by atoms with Gasteiger partial charge in [0.15, 0.2) is 0 Å². The second-order valence-corrected chi connectivity index (χ2v) is 6.82. The standard InChI is InChI=1S/C24H24N2/c1-3-10-21-24-19-15-9-8-14-18(19)20(17-12-6-5-7-13-17)16-22(24)26-23(25-21)11-4-2/h5-9,12-16H,3-4,10-11H2,1-2H3. The van der Waals surface area contributed by atoms with Crippen LogP contribution in [0.15, 0.2) is 60.7 Å². The number of hydrogen-bond donors (Lipinski definition) is 0. The molecule has 2 nitrogen and oxygen atoms in total. The second kappa shape index (κ2) is 7.25. The molecule has 1 heterocycles. The number of rotatable bonds is 5. The van der Waals surface area contributed by atoms with E-state index in [1.54, 1.807) is 0 Å². The van der Waals surface area contributed by atoms with Gasteiger partial charge in [-0.05, 0) is 40.8 Å². The molecule has 1 aromatic heterocycles. The van der Waals surface area contributed by atoms with E-state index in [4.69, 9.17) is 9.97 Å². The van der Waals surface area contributed by atoms with Crippen molar-refractivity contribution >= 4 is 21.7 Å². The molecule has 0 spiro atoms. The molecule has 0 amide bonds. The summed E-state index contributed by atoms with van der Waals surface area (Å²) in [6.07, 6.45) is 4.08. The summed E-state index contributed by atoms with van der Waals surface area (Å²) in [5.74, 6) is 0.970. The molecule has 2 heteroatoms. The van der Waals surface area contributed by atoms with Crippen LogP contribution in [-0.4, -0.2) is 9.97 Å². The summed E-state index contributed by atoms with van der Waals surface area (Å²) >= 11 is 0. The number of hydrogen-bond acceptors (Lipinski definition) is 2. The SMILES string of the molecule is CCCc1nc(CCC)c2c(cc(-c3ccccc3)c3ccccc32)n1. The van der Waals surface area contributed by atoms with E-state index < -0.39 is 0 Å². The molecular formula is C24H24N2. The Morgan fingerprint density at radius 1 is 0.731 bits per heavy atom. The fraction of sp³-hybridized carbons (Fsp3) is 0.250. The van der Waals surface area contributed by atoms with E-state index in [1.165, 1.54) is 33.0 Å². The van der Waals surface area contributed by atoms with E-state index >= 15 is 0 Å². The lowest BCUT2D eigenvalue weighted by molar-refractivity contribution is 0.808. The highest BCUT2D eigenvalue weighted by Crippen LogP contribution is 2.35. The first-order valence-corrected chi connectivity index (χ1v) is 9.58. The van der Waals surface area contributed by atoms with Gasteiger partial charge in [0.05, 0.1) is 11.2 Å². The van der Waals surface area contributed by atoms with Gasteiger partial charge in [-0.25, -0.2) is 9.97 Å². The zero-order chi connectivity index (χ0) is 17.9. The number of nitrogens with zero attached hydrogens (tertiary/aromatic N) is 2. The maximum atomic E-state index is 4.93. The molecule has 26 heavy (non-hydrogen) atoms. The van der Waals surface area contributed by atoms with E-state index in [9.17, 15) is 0 Å². The van der Waals surface area contributed by atoms with Crippen LogP contribution in [0.1, 0.15) is 38.2 Å². The number of aromatic nitrogens is 2. The second-order valence-electron chi connectivity index (χ2n) is 6.82. The van der Waals surface area contributed by atoms with E-state index in [-0.39, 0.29) is 0 Å². The van der Waals surface area contributed by atoms with Crippen LogP contribution < -0.4 is 0 Å².